The number of nitrogens with zero attached hydrogens (tertiary/aromatic N) is 4. The zero-order chi connectivity index (χ0) is 18.3. The second-order valence-corrected chi connectivity index (χ2v) is 7.15. The van der Waals surface area contributed by atoms with Gasteiger partial charge in [0.2, 0.25) is 17.6 Å². The van der Waals surface area contributed by atoms with E-state index in [-0.39, 0.29) is 17.9 Å². The van der Waals surface area contributed by atoms with Gasteiger partial charge >= 0.3 is 0 Å². The fraction of sp³-hybridized carbons (Fsp3) is 0.474. The van der Waals surface area contributed by atoms with Gasteiger partial charge in [0.15, 0.2) is 0 Å². The maximum Gasteiger partial charge on any atom is 0.230 e. The zero-order valence-electron chi connectivity index (χ0n) is 15.3. The quantitative estimate of drug-likeness (QED) is 0.782. The molecule has 2 heterocycles. The number of carbonyl (C=O) groups excluding carboxylic acids is 1. The molecule has 7 nitrogen and oxygen atoms in total. The van der Waals surface area contributed by atoms with Crippen LogP contribution < -0.4 is 5.32 Å². The SMILES string of the molecule is CC(=O)N[C@H]1CC[C@@H](c2nc(-c3ccc4c(C)nn(C)c4c3)no2)CC1. The first-order valence-electron chi connectivity index (χ1n) is 9.05. The lowest BCUT2D eigenvalue weighted by atomic mass is 9.86. The predicted octanol–water partition coefficient (Wildman–Crippen LogP) is 3.09. The van der Waals surface area contributed by atoms with E-state index in [9.17, 15) is 4.79 Å². The molecule has 0 aliphatic heterocycles. The average molecular weight is 353 g/mol. The highest BCUT2D eigenvalue weighted by molar-refractivity contribution is 5.85. The maximum atomic E-state index is 11.2. The minimum absolute atomic E-state index is 0.0364. The summed E-state index contributed by atoms with van der Waals surface area (Å²) in [6.07, 6.45) is 3.80. The first-order chi connectivity index (χ1) is 12.5. The summed E-state index contributed by atoms with van der Waals surface area (Å²) in [5, 5.41) is 12.8. The lowest BCUT2D eigenvalue weighted by Crippen LogP contribution is -2.35. The Morgan fingerprint density at radius 1 is 1.27 bits per heavy atom. The van der Waals surface area contributed by atoms with Crippen LogP contribution >= 0.6 is 0 Å². The number of fused-ring (bicyclic) bond motifs is 1. The van der Waals surface area contributed by atoms with E-state index in [1.807, 2.05) is 24.7 Å². The van der Waals surface area contributed by atoms with Crippen molar-refractivity contribution in [3.63, 3.8) is 0 Å². The topological polar surface area (TPSA) is 85.8 Å². The van der Waals surface area contributed by atoms with Gasteiger partial charge in [-0.15, -0.1) is 0 Å². The van der Waals surface area contributed by atoms with Gasteiger partial charge in [-0.2, -0.15) is 10.1 Å². The van der Waals surface area contributed by atoms with Crippen molar-refractivity contribution >= 4 is 16.8 Å². The minimum Gasteiger partial charge on any atom is -0.354 e. The molecule has 1 aliphatic rings. The van der Waals surface area contributed by atoms with Crippen LogP contribution in [0.15, 0.2) is 22.7 Å². The summed E-state index contributed by atoms with van der Waals surface area (Å²) in [5.41, 5.74) is 3.00. The number of hydrogen-bond acceptors (Lipinski definition) is 5. The van der Waals surface area contributed by atoms with Crippen LogP contribution in [0, 0.1) is 6.92 Å². The number of hydrogen-bond donors (Lipinski definition) is 1. The van der Waals surface area contributed by atoms with Crippen LogP contribution in [-0.2, 0) is 11.8 Å². The average Bonchev–Trinajstić information content (AvgIpc) is 3.21. The number of amides is 1. The first-order valence-corrected chi connectivity index (χ1v) is 9.05. The van der Waals surface area contributed by atoms with Crippen molar-refractivity contribution in [2.45, 2.75) is 51.5 Å². The van der Waals surface area contributed by atoms with Crippen molar-refractivity contribution in [2.24, 2.45) is 7.05 Å². The molecule has 0 unspecified atom stereocenters. The third kappa shape index (κ3) is 3.09. The van der Waals surface area contributed by atoms with E-state index < -0.39 is 0 Å². The molecule has 1 amide bonds. The second kappa shape index (κ2) is 6.55. The fourth-order valence-electron chi connectivity index (χ4n) is 3.87. The Hall–Kier alpha value is -2.70. The normalized spacial score (nSPS) is 20.4. The van der Waals surface area contributed by atoms with Crippen molar-refractivity contribution in [3.8, 4) is 11.4 Å². The largest absolute Gasteiger partial charge is 0.354 e. The molecular weight excluding hydrogens is 330 g/mol. The highest BCUT2D eigenvalue weighted by atomic mass is 16.5. The third-order valence-corrected chi connectivity index (χ3v) is 5.22. The molecule has 7 heteroatoms. The van der Waals surface area contributed by atoms with E-state index in [1.54, 1.807) is 6.92 Å². The van der Waals surface area contributed by atoms with Gasteiger partial charge in [0.05, 0.1) is 11.2 Å². The zero-order valence-corrected chi connectivity index (χ0v) is 15.3. The van der Waals surface area contributed by atoms with E-state index in [4.69, 9.17) is 4.52 Å². The van der Waals surface area contributed by atoms with Gasteiger partial charge in [0, 0.05) is 36.9 Å². The Bertz CT molecular complexity index is 950. The molecular formula is C19H23N5O2. The van der Waals surface area contributed by atoms with Gasteiger partial charge in [-0.05, 0) is 38.7 Å². The number of nitrogens with one attached hydrogen (secondary N) is 1. The van der Waals surface area contributed by atoms with Gasteiger partial charge in [-0.1, -0.05) is 17.3 Å². The van der Waals surface area contributed by atoms with Gasteiger partial charge < -0.3 is 9.84 Å². The lowest BCUT2D eigenvalue weighted by molar-refractivity contribution is -0.119. The molecule has 0 saturated heterocycles. The molecule has 1 aromatic carbocycles. The molecule has 3 aromatic rings. The first kappa shape index (κ1) is 16.8. The molecule has 1 saturated carbocycles. The van der Waals surface area contributed by atoms with Crippen LogP contribution in [-0.4, -0.2) is 31.9 Å². The molecule has 0 radical (unpaired) electrons. The monoisotopic (exact) mass is 353 g/mol. The summed E-state index contributed by atoms with van der Waals surface area (Å²) in [6, 6.07) is 6.39. The van der Waals surface area contributed by atoms with Crippen LogP contribution in [0.3, 0.4) is 0 Å². The molecule has 1 N–H and O–H groups in total. The van der Waals surface area contributed by atoms with Crippen molar-refractivity contribution in [3.05, 3.63) is 29.8 Å². The molecule has 4 rings (SSSR count). The molecule has 0 spiro atoms. The summed E-state index contributed by atoms with van der Waals surface area (Å²) in [4.78, 5) is 15.8. The predicted molar refractivity (Wildman–Crippen MR) is 97.6 cm³/mol. The van der Waals surface area contributed by atoms with Gasteiger partial charge in [0.1, 0.15) is 0 Å². The Morgan fingerprint density at radius 3 is 2.77 bits per heavy atom. The van der Waals surface area contributed by atoms with Gasteiger partial charge in [-0.3, -0.25) is 9.48 Å². The van der Waals surface area contributed by atoms with Crippen molar-refractivity contribution in [1.82, 2.24) is 25.2 Å². The number of aromatic nitrogens is 4. The van der Waals surface area contributed by atoms with E-state index in [2.05, 4.69) is 32.7 Å². The van der Waals surface area contributed by atoms with Crippen LogP contribution in [0.1, 0.15) is 50.1 Å². The fourth-order valence-corrected chi connectivity index (χ4v) is 3.87. The lowest BCUT2D eigenvalue weighted by Gasteiger charge is -2.26. The molecule has 1 aliphatic carbocycles. The Kier molecular flexibility index (Phi) is 4.22. The number of aryl methyl sites for hydroxylation is 2. The summed E-state index contributed by atoms with van der Waals surface area (Å²) in [6.45, 7) is 3.57. The molecule has 26 heavy (non-hydrogen) atoms. The van der Waals surface area contributed by atoms with Crippen molar-refractivity contribution < 1.29 is 9.32 Å². The number of benzene rings is 1. The molecule has 1 fully saturated rings. The smallest absolute Gasteiger partial charge is 0.230 e. The summed E-state index contributed by atoms with van der Waals surface area (Å²) >= 11 is 0. The molecule has 0 bridgehead atoms. The summed E-state index contributed by atoms with van der Waals surface area (Å²) in [7, 11) is 1.94. The van der Waals surface area contributed by atoms with Gasteiger partial charge in [-0.25, -0.2) is 0 Å². The van der Waals surface area contributed by atoms with E-state index in [1.165, 1.54) is 0 Å². The van der Waals surface area contributed by atoms with Crippen LogP contribution in [0.5, 0.6) is 0 Å². The van der Waals surface area contributed by atoms with Crippen LogP contribution in [0.2, 0.25) is 0 Å². The van der Waals surface area contributed by atoms with Crippen LogP contribution in [0.25, 0.3) is 22.3 Å². The minimum atomic E-state index is 0.0364. The van der Waals surface area contributed by atoms with E-state index in [0.29, 0.717) is 11.7 Å². The van der Waals surface area contributed by atoms with Crippen molar-refractivity contribution in [1.29, 1.82) is 0 Å². The standard InChI is InChI=1S/C19H23N5O2/c1-11-16-9-6-14(10-17(16)24(3)22-11)18-21-19(26-23-18)13-4-7-15(8-5-13)20-12(2)25/h6,9-10,13,15H,4-5,7-8H2,1-3H3,(H,20,25)/t13-,15+. The van der Waals surface area contributed by atoms with Crippen molar-refractivity contribution in [2.75, 3.05) is 0 Å². The summed E-state index contributed by atoms with van der Waals surface area (Å²) < 4.78 is 7.42. The molecule has 2 aromatic heterocycles. The second-order valence-electron chi connectivity index (χ2n) is 7.15. The summed E-state index contributed by atoms with van der Waals surface area (Å²) in [5.74, 6) is 1.62. The Labute approximate surface area is 151 Å². The number of carbonyl (C=O) groups is 1. The third-order valence-electron chi connectivity index (χ3n) is 5.22. The molecule has 0 atom stereocenters. The maximum absolute atomic E-state index is 11.2. The molecule has 136 valence electrons. The Morgan fingerprint density at radius 2 is 2.04 bits per heavy atom. The number of rotatable bonds is 3. The van der Waals surface area contributed by atoms with E-state index in [0.717, 1.165) is 47.8 Å². The highest BCUT2D eigenvalue weighted by Gasteiger charge is 2.27. The van der Waals surface area contributed by atoms with E-state index >= 15 is 0 Å². The van der Waals surface area contributed by atoms with Crippen LogP contribution in [0.4, 0.5) is 0 Å². The highest BCUT2D eigenvalue weighted by Crippen LogP contribution is 2.33. The Balaban J connectivity index is 1.52. The van der Waals surface area contributed by atoms with Gasteiger partial charge in [0.25, 0.3) is 0 Å².